The normalized spacial score (nSPS) is 22.5. The average Bonchev–Trinajstić information content (AvgIpc) is 3.12. The Morgan fingerprint density at radius 3 is 2.75 bits per heavy atom. The number of carbonyl (C=O) groups excluding carboxylic acids is 1. The molecule has 1 fully saturated rings. The topological polar surface area (TPSA) is 68.9 Å². The van der Waals surface area contributed by atoms with E-state index in [0.717, 1.165) is 25.1 Å². The van der Waals surface area contributed by atoms with Gasteiger partial charge < -0.3 is 20.3 Å². The Bertz CT molecular complexity index is 1250. The number of nitrogens with one attached hydrogen (secondary N) is 3. The monoisotopic (exact) mass is 575 g/mol. The minimum absolute atomic E-state index is 0.113. The van der Waals surface area contributed by atoms with E-state index in [1.807, 2.05) is 6.08 Å². The molecule has 4 rings (SSSR count). The van der Waals surface area contributed by atoms with Gasteiger partial charge in [-0.3, -0.25) is 9.80 Å². The summed E-state index contributed by atoms with van der Waals surface area (Å²) < 4.78 is 46.1. The molecule has 2 aliphatic heterocycles. The number of benzene rings is 1. The molecule has 216 valence electrons. The predicted octanol–water partition coefficient (Wildman–Crippen LogP) is 5.44. The number of amides is 1. The van der Waals surface area contributed by atoms with Gasteiger partial charge >= 0.3 is 5.51 Å². The van der Waals surface area contributed by atoms with Crippen LogP contribution in [0.3, 0.4) is 0 Å². The minimum atomic E-state index is -4.45. The summed E-state index contributed by atoms with van der Waals surface area (Å²) >= 11 is -0.132. The van der Waals surface area contributed by atoms with Crippen molar-refractivity contribution in [1.29, 1.82) is 0 Å². The maximum absolute atomic E-state index is 13.6. The van der Waals surface area contributed by atoms with E-state index in [9.17, 15) is 18.0 Å². The number of alkyl halides is 3. The van der Waals surface area contributed by atoms with E-state index in [0.29, 0.717) is 28.6 Å². The summed E-state index contributed by atoms with van der Waals surface area (Å²) in [5, 5.41) is 8.42. The maximum atomic E-state index is 13.6. The summed E-state index contributed by atoms with van der Waals surface area (Å²) in [6.45, 7) is 2.40. The lowest BCUT2D eigenvalue weighted by atomic mass is 9.97. The molecule has 3 atom stereocenters. The van der Waals surface area contributed by atoms with Crippen molar-refractivity contribution >= 4 is 23.4 Å². The first-order chi connectivity index (χ1) is 19.1. The SMILES string of the molecule is COc1cc(C(=O)N(C)C)ccc1NCC#CC1NN2C(N[C@@H]3CCCCCC3C)=CC=CC2=C1SC(F)(F)F. The van der Waals surface area contributed by atoms with Gasteiger partial charge in [-0.25, -0.2) is 5.43 Å². The summed E-state index contributed by atoms with van der Waals surface area (Å²) in [5.41, 5.74) is 0.283. The second-order valence-corrected chi connectivity index (χ2v) is 11.4. The van der Waals surface area contributed by atoms with Crippen LogP contribution >= 0.6 is 11.8 Å². The van der Waals surface area contributed by atoms with Gasteiger partial charge in [0.15, 0.2) is 0 Å². The van der Waals surface area contributed by atoms with Crippen molar-refractivity contribution in [1.82, 2.24) is 20.7 Å². The largest absolute Gasteiger partial charge is 0.495 e. The zero-order chi connectivity index (χ0) is 28.9. The molecular formula is C29H36F3N5O2S. The number of carbonyl (C=O) groups is 1. The van der Waals surface area contributed by atoms with Crippen molar-refractivity contribution in [3.8, 4) is 17.6 Å². The van der Waals surface area contributed by atoms with Crippen LogP contribution in [-0.2, 0) is 0 Å². The molecule has 0 bridgehead atoms. The number of anilines is 1. The van der Waals surface area contributed by atoms with Gasteiger partial charge in [-0.15, -0.1) is 0 Å². The van der Waals surface area contributed by atoms with Crippen LogP contribution in [0.5, 0.6) is 5.75 Å². The highest BCUT2D eigenvalue weighted by molar-refractivity contribution is 8.04. The van der Waals surface area contributed by atoms with Crippen LogP contribution in [0.25, 0.3) is 0 Å². The molecule has 2 unspecified atom stereocenters. The number of methoxy groups -OCH3 is 1. The molecule has 1 aliphatic carbocycles. The zero-order valence-electron chi connectivity index (χ0n) is 23.2. The summed E-state index contributed by atoms with van der Waals surface area (Å²) in [6, 6.07) is 4.47. The zero-order valence-corrected chi connectivity index (χ0v) is 24.0. The number of allylic oxidation sites excluding steroid dienone is 3. The summed E-state index contributed by atoms with van der Waals surface area (Å²) in [5.74, 6) is 7.46. The first kappa shape index (κ1) is 29.7. The Balaban J connectivity index is 1.49. The van der Waals surface area contributed by atoms with Crippen LogP contribution in [-0.4, -0.2) is 61.2 Å². The van der Waals surface area contributed by atoms with Crippen LogP contribution in [0.15, 0.2) is 52.9 Å². The first-order valence-electron chi connectivity index (χ1n) is 13.4. The van der Waals surface area contributed by atoms with Crippen LogP contribution in [0, 0.1) is 17.8 Å². The third kappa shape index (κ3) is 7.29. The van der Waals surface area contributed by atoms with E-state index in [1.165, 1.54) is 24.9 Å². The summed E-state index contributed by atoms with van der Waals surface area (Å²) in [6.07, 6.45) is 11.1. The molecule has 40 heavy (non-hydrogen) atoms. The van der Waals surface area contributed by atoms with Crippen molar-refractivity contribution in [2.24, 2.45) is 5.92 Å². The van der Waals surface area contributed by atoms with Crippen molar-refractivity contribution in [3.63, 3.8) is 0 Å². The molecule has 0 saturated heterocycles. The van der Waals surface area contributed by atoms with Gasteiger partial charge in [-0.2, -0.15) is 13.2 Å². The quantitative estimate of drug-likeness (QED) is 0.296. The fourth-order valence-electron chi connectivity index (χ4n) is 5.04. The van der Waals surface area contributed by atoms with Crippen LogP contribution in [0.4, 0.5) is 18.9 Å². The molecule has 11 heteroatoms. The average molecular weight is 576 g/mol. The molecule has 1 aromatic carbocycles. The highest BCUT2D eigenvalue weighted by Gasteiger charge is 2.40. The second-order valence-electron chi connectivity index (χ2n) is 10.3. The number of halogens is 3. The third-order valence-corrected chi connectivity index (χ3v) is 8.05. The van der Waals surface area contributed by atoms with Crippen molar-refractivity contribution < 1.29 is 22.7 Å². The molecule has 1 aromatic rings. The second kappa shape index (κ2) is 13.0. The van der Waals surface area contributed by atoms with Gasteiger partial charge in [0.25, 0.3) is 5.91 Å². The number of ether oxygens (including phenoxy) is 1. The van der Waals surface area contributed by atoms with E-state index < -0.39 is 11.6 Å². The van der Waals surface area contributed by atoms with E-state index in [-0.39, 0.29) is 35.2 Å². The van der Waals surface area contributed by atoms with Crippen molar-refractivity contribution in [2.75, 3.05) is 33.1 Å². The van der Waals surface area contributed by atoms with E-state index >= 15 is 0 Å². The Morgan fingerprint density at radius 2 is 2.02 bits per heavy atom. The lowest BCUT2D eigenvalue weighted by molar-refractivity contribution is -0.0322. The number of hydrogen-bond donors (Lipinski definition) is 3. The molecule has 3 N–H and O–H groups in total. The minimum Gasteiger partial charge on any atom is -0.495 e. The molecule has 0 aromatic heterocycles. The Labute approximate surface area is 238 Å². The lowest BCUT2D eigenvalue weighted by Gasteiger charge is -2.32. The molecule has 0 spiro atoms. The van der Waals surface area contributed by atoms with Crippen LogP contribution < -0.4 is 20.8 Å². The van der Waals surface area contributed by atoms with E-state index in [2.05, 4.69) is 34.8 Å². The Kier molecular flexibility index (Phi) is 9.64. The summed E-state index contributed by atoms with van der Waals surface area (Å²) in [7, 11) is 4.84. The Hall–Kier alpha value is -3.23. The summed E-state index contributed by atoms with van der Waals surface area (Å²) in [4.78, 5) is 13.8. The van der Waals surface area contributed by atoms with Gasteiger partial charge in [0.1, 0.15) is 17.6 Å². The smallest absolute Gasteiger partial charge is 0.446 e. The lowest BCUT2D eigenvalue weighted by Crippen LogP contribution is -2.45. The highest BCUT2D eigenvalue weighted by atomic mass is 32.2. The standard InChI is InChI=1S/C29H36F3N5O2S/c1-19-10-6-5-7-11-21(19)34-26-14-8-13-24-27(40-29(30,31)32)23(35-37(24)26)12-9-17-33-22-16-15-20(18-25(22)39-4)28(38)36(2)3/h8,13-16,18-19,21,23,33-35H,5-7,10-11,17H2,1-4H3/t19?,21-,23?/m1/s1. The van der Waals surface area contributed by atoms with Gasteiger partial charge in [0.2, 0.25) is 0 Å². The van der Waals surface area contributed by atoms with E-state index in [1.54, 1.807) is 49.5 Å². The van der Waals surface area contributed by atoms with Gasteiger partial charge in [-0.1, -0.05) is 44.1 Å². The molecule has 1 saturated carbocycles. The predicted molar refractivity (Wildman–Crippen MR) is 153 cm³/mol. The van der Waals surface area contributed by atoms with Gasteiger partial charge in [-0.05, 0) is 60.9 Å². The van der Waals surface area contributed by atoms with Crippen molar-refractivity contribution in [2.45, 2.75) is 56.6 Å². The number of fused-ring (bicyclic) bond motifs is 1. The van der Waals surface area contributed by atoms with Gasteiger partial charge in [0, 0.05) is 30.6 Å². The van der Waals surface area contributed by atoms with Crippen molar-refractivity contribution in [3.05, 3.63) is 58.4 Å². The molecule has 3 aliphatic rings. The molecule has 7 nitrogen and oxygen atoms in total. The van der Waals surface area contributed by atoms with Crippen LogP contribution in [0.2, 0.25) is 0 Å². The van der Waals surface area contributed by atoms with E-state index in [4.69, 9.17) is 4.74 Å². The molecular weight excluding hydrogens is 539 g/mol. The number of hydrazine groups is 1. The maximum Gasteiger partial charge on any atom is 0.446 e. The molecule has 0 radical (unpaired) electrons. The number of hydrogen-bond acceptors (Lipinski definition) is 7. The number of nitrogens with zero attached hydrogens (tertiary/aromatic N) is 2. The fraction of sp³-hybridized carbons (Fsp3) is 0.483. The molecule has 2 heterocycles. The molecule has 1 amide bonds. The number of rotatable bonds is 7. The first-order valence-corrected chi connectivity index (χ1v) is 14.2. The third-order valence-electron chi connectivity index (χ3n) is 7.15. The van der Waals surface area contributed by atoms with Crippen LogP contribution in [0.1, 0.15) is 49.4 Å². The van der Waals surface area contributed by atoms with Gasteiger partial charge in [0.05, 0.1) is 25.0 Å². The number of thioether (sulfide) groups is 1. The highest BCUT2D eigenvalue weighted by Crippen LogP contribution is 2.43. The fourth-order valence-corrected chi connectivity index (χ4v) is 5.78. The Morgan fingerprint density at radius 1 is 1.25 bits per heavy atom.